The molecule has 36 heavy (non-hydrogen) atoms. The maximum atomic E-state index is 13.8. The number of fused-ring (bicyclic) bond motifs is 1. The number of benzene rings is 2. The van der Waals surface area contributed by atoms with Crippen LogP contribution in [0.3, 0.4) is 0 Å². The highest BCUT2D eigenvalue weighted by atomic mass is 16.5. The Bertz CT molecular complexity index is 1350. The predicted octanol–water partition coefficient (Wildman–Crippen LogP) is 4.68. The van der Waals surface area contributed by atoms with Crippen molar-refractivity contribution in [3.63, 3.8) is 0 Å². The van der Waals surface area contributed by atoms with Crippen molar-refractivity contribution in [2.24, 2.45) is 0 Å². The lowest BCUT2D eigenvalue weighted by Gasteiger charge is -2.34. The molecule has 0 spiro atoms. The average Bonchev–Trinajstić information content (AvgIpc) is 3.27. The number of carbonyl (C=O) groups is 1. The highest BCUT2D eigenvalue weighted by Crippen LogP contribution is 2.51. The van der Waals surface area contributed by atoms with Gasteiger partial charge in [0.25, 0.3) is 0 Å². The van der Waals surface area contributed by atoms with Crippen LogP contribution in [0.25, 0.3) is 0 Å². The molecule has 2 aliphatic rings. The summed E-state index contributed by atoms with van der Waals surface area (Å²) in [4.78, 5) is 13.8. The van der Waals surface area contributed by atoms with Crippen LogP contribution in [0.15, 0.2) is 46.1 Å². The van der Waals surface area contributed by atoms with Crippen molar-refractivity contribution >= 4 is 11.7 Å². The molecule has 2 atom stereocenters. The molecule has 0 radical (unpaired) electrons. The van der Waals surface area contributed by atoms with Crippen molar-refractivity contribution in [2.75, 3.05) is 33.8 Å². The topological polar surface area (TPSA) is 112 Å². The van der Waals surface area contributed by atoms with Crippen molar-refractivity contribution in [1.82, 2.24) is 5.16 Å². The third-order valence-electron chi connectivity index (χ3n) is 6.97. The maximum Gasteiger partial charge on any atom is 0.233 e. The fourth-order valence-electron chi connectivity index (χ4n) is 5.23. The lowest BCUT2D eigenvalue weighted by atomic mass is 9.72. The highest BCUT2D eigenvalue weighted by molar-refractivity contribution is 6.01. The number of hydrogen-bond acceptors (Lipinski definition) is 9. The fraction of sp³-hybridized carbons (Fsp3) is 0.333. The van der Waals surface area contributed by atoms with Crippen LogP contribution in [0.5, 0.6) is 28.7 Å². The Balaban J connectivity index is 1.62. The Kier molecular flexibility index (Phi) is 5.99. The third-order valence-corrected chi connectivity index (χ3v) is 6.97. The van der Waals surface area contributed by atoms with E-state index in [9.17, 15) is 9.90 Å². The van der Waals surface area contributed by atoms with Gasteiger partial charge in [-0.25, -0.2) is 0 Å². The number of nitrogens with zero attached hydrogens (tertiary/aromatic N) is 1. The Labute approximate surface area is 208 Å². The predicted molar refractivity (Wildman–Crippen MR) is 131 cm³/mol. The number of Topliss-reactive ketones (excluding diaryl/α,β-unsaturated/α-hetero) is 1. The van der Waals surface area contributed by atoms with Gasteiger partial charge in [-0.1, -0.05) is 11.2 Å². The normalized spacial score (nSPS) is 18.8. The third kappa shape index (κ3) is 3.71. The molecule has 2 aromatic carbocycles. The molecule has 0 fully saturated rings. The Morgan fingerprint density at radius 2 is 1.56 bits per heavy atom. The molecule has 0 saturated carbocycles. The van der Waals surface area contributed by atoms with Crippen LogP contribution in [0.2, 0.25) is 0 Å². The maximum absolute atomic E-state index is 13.8. The SMILES string of the molecule is COc1ccc([C@H]2CC(=O)C3=C(C2)Nc2onc(C)c2[C@H]3c2cc(OC)c(O)c(OC)c2)cc1OC. The van der Waals surface area contributed by atoms with Crippen LogP contribution in [-0.4, -0.2) is 44.5 Å². The van der Waals surface area contributed by atoms with E-state index in [4.69, 9.17) is 23.5 Å². The van der Waals surface area contributed by atoms with E-state index in [0.29, 0.717) is 41.5 Å². The highest BCUT2D eigenvalue weighted by Gasteiger charge is 2.41. The van der Waals surface area contributed by atoms with Crippen molar-refractivity contribution < 1.29 is 33.4 Å². The van der Waals surface area contributed by atoms with E-state index in [2.05, 4.69) is 10.5 Å². The number of ketones is 1. The van der Waals surface area contributed by atoms with Gasteiger partial charge in [0, 0.05) is 23.6 Å². The van der Waals surface area contributed by atoms with Crippen LogP contribution >= 0.6 is 0 Å². The molecule has 9 heteroatoms. The van der Waals surface area contributed by atoms with E-state index in [1.807, 2.05) is 25.1 Å². The largest absolute Gasteiger partial charge is 0.502 e. The first kappa shape index (κ1) is 23.6. The second-order valence-electron chi connectivity index (χ2n) is 8.88. The summed E-state index contributed by atoms with van der Waals surface area (Å²) in [5, 5.41) is 17.9. The molecular formula is C27H28N2O7. The van der Waals surface area contributed by atoms with Crippen LogP contribution in [-0.2, 0) is 4.79 Å². The number of aromatic hydroxyl groups is 1. The van der Waals surface area contributed by atoms with Gasteiger partial charge in [0.1, 0.15) is 0 Å². The zero-order valence-corrected chi connectivity index (χ0v) is 20.8. The van der Waals surface area contributed by atoms with Gasteiger partial charge in [-0.05, 0) is 54.7 Å². The smallest absolute Gasteiger partial charge is 0.233 e. The van der Waals surface area contributed by atoms with Crippen molar-refractivity contribution in [3.8, 4) is 28.7 Å². The molecular weight excluding hydrogens is 464 g/mol. The van der Waals surface area contributed by atoms with Gasteiger partial charge in [-0.15, -0.1) is 0 Å². The lowest BCUT2D eigenvalue weighted by molar-refractivity contribution is -0.116. The Morgan fingerprint density at radius 1 is 0.917 bits per heavy atom. The molecule has 1 aliphatic heterocycles. The summed E-state index contributed by atoms with van der Waals surface area (Å²) in [6.07, 6.45) is 0.928. The first-order valence-electron chi connectivity index (χ1n) is 11.6. The zero-order valence-electron chi connectivity index (χ0n) is 20.8. The van der Waals surface area contributed by atoms with E-state index in [-0.39, 0.29) is 28.9 Å². The minimum Gasteiger partial charge on any atom is -0.502 e. The molecule has 1 aliphatic carbocycles. The van der Waals surface area contributed by atoms with Crippen LogP contribution < -0.4 is 24.3 Å². The number of aryl methyl sites for hydroxylation is 1. The number of hydrogen-bond donors (Lipinski definition) is 2. The molecule has 2 N–H and O–H groups in total. The molecule has 0 bridgehead atoms. The number of carbonyl (C=O) groups excluding carboxylic acids is 1. The second kappa shape index (κ2) is 9.14. The van der Waals surface area contributed by atoms with Crippen molar-refractivity contribution in [3.05, 3.63) is 64.0 Å². The monoisotopic (exact) mass is 492 g/mol. The Morgan fingerprint density at radius 3 is 2.19 bits per heavy atom. The summed E-state index contributed by atoms with van der Waals surface area (Å²) in [5.41, 5.74) is 4.61. The average molecular weight is 493 g/mol. The summed E-state index contributed by atoms with van der Waals surface area (Å²) in [5.74, 6) is 1.68. The van der Waals surface area contributed by atoms with E-state index in [1.165, 1.54) is 14.2 Å². The molecule has 0 saturated heterocycles. The van der Waals surface area contributed by atoms with Crippen LogP contribution in [0.4, 0.5) is 5.88 Å². The summed E-state index contributed by atoms with van der Waals surface area (Å²) in [6, 6.07) is 9.19. The van der Waals surface area contributed by atoms with Gasteiger partial charge in [-0.2, -0.15) is 0 Å². The van der Waals surface area contributed by atoms with E-state index < -0.39 is 5.92 Å². The molecule has 1 aromatic heterocycles. The van der Waals surface area contributed by atoms with Gasteiger partial charge in [0.2, 0.25) is 11.6 Å². The van der Waals surface area contributed by atoms with Gasteiger partial charge in [-0.3, -0.25) is 4.79 Å². The number of allylic oxidation sites excluding steroid dienone is 2. The quantitative estimate of drug-likeness (QED) is 0.506. The van der Waals surface area contributed by atoms with Gasteiger partial charge >= 0.3 is 0 Å². The summed E-state index contributed by atoms with van der Waals surface area (Å²) >= 11 is 0. The molecule has 2 heterocycles. The number of phenolic OH excluding ortho intramolecular Hbond substituents is 1. The molecule has 0 amide bonds. The van der Waals surface area contributed by atoms with E-state index in [0.717, 1.165) is 22.4 Å². The minimum absolute atomic E-state index is 0.0193. The molecule has 9 nitrogen and oxygen atoms in total. The second-order valence-corrected chi connectivity index (χ2v) is 8.88. The number of ether oxygens (including phenoxy) is 4. The van der Waals surface area contributed by atoms with Crippen molar-refractivity contribution in [2.45, 2.75) is 31.6 Å². The van der Waals surface area contributed by atoms with Gasteiger partial charge in [0.15, 0.2) is 28.8 Å². The van der Waals surface area contributed by atoms with E-state index in [1.54, 1.807) is 26.4 Å². The molecule has 5 rings (SSSR count). The first-order chi connectivity index (χ1) is 17.4. The zero-order chi connectivity index (χ0) is 25.6. The number of aromatic nitrogens is 1. The summed E-state index contributed by atoms with van der Waals surface area (Å²) < 4.78 is 27.2. The number of phenols is 1. The number of anilines is 1. The molecule has 0 unspecified atom stereocenters. The summed E-state index contributed by atoms with van der Waals surface area (Å²) in [7, 11) is 6.13. The van der Waals surface area contributed by atoms with Gasteiger partial charge in [0.05, 0.1) is 39.7 Å². The van der Waals surface area contributed by atoms with Crippen LogP contribution in [0.1, 0.15) is 47.1 Å². The van der Waals surface area contributed by atoms with Crippen molar-refractivity contribution in [1.29, 1.82) is 0 Å². The van der Waals surface area contributed by atoms with E-state index >= 15 is 0 Å². The number of nitrogens with one attached hydrogen (secondary N) is 1. The minimum atomic E-state index is -0.454. The number of rotatable bonds is 6. The number of methoxy groups -OCH3 is 4. The molecule has 3 aromatic rings. The fourth-order valence-corrected chi connectivity index (χ4v) is 5.23. The first-order valence-corrected chi connectivity index (χ1v) is 11.6. The Hall–Kier alpha value is -4.14. The standard InChI is InChI=1S/C27H28N2O7/c1-13-23-24(16-11-21(34-4)26(31)22(12-16)35-5)25-17(28-27(23)36-29-13)8-15(9-18(25)30)14-6-7-19(32-2)20(10-14)33-3/h6-7,10-12,15,24,28,31H,8-9H2,1-5H3/t15-,24-/m1/s1. The summed E-state index contributed by atoms with van der Waals surface area (Å²) in [6.45, 7) is 1.84. The van der Waals surface area contributed by atoms with Crippen LogP contribution in [0, 0.1) is 6.92 Å². The molecule has 188 valence electrons. The lowest BCUT2D eigenvalue weighted by Crippen LogP contribution is -2.29. The van der Waals surface area contributed by atoms with Gasteiger partial charge < -0.3 is 33.9 Å².